The maximum absolute atomic E-state index is 12.4. The summed E-state index contributed by atoms with van der Waals surface area (Å²) in [6.07, 6.45) is 3.53. The maximum Gasteiger partial charge on any atom is 0.309 e. The van der Waals surface area contributed by atoms with Gasteiger partial charge in [0, 0.05) is 13.1 Å². The molecule has 0 bridgehead atoms. The van der Waals surface area contributed by atoms with Crippen LogP contribution in [0.25, 0.3) is 0 Å². The lowest BCUT2D eigenvalue weighted by Crippen LogP contribution is -2.52. The van der Waals surface area contributed by atoms with Crippen LogP contribution in [0.15, 0.2) is 0 Å². The van der Waals surface area contributed by atoms with Crippen LogP contribution in [0.4, 0.5) is 0 Å². The molecule has 0 aromatic rings. The molecule has 2 aliphatic rings. The second kappa shape index (κ2) is 7.07. The summed E-state index contributed by atoms with van der Waals surface area (Å²) in [4.78, 5) is 26.0. The molecule has 2 heterocycles. The predicted octanol–water partition coefficient (Wildman–Crippen LogP) is 1.18. The van der Waals surface area contributed by atoms with Crippen LogP contribution in [0.2, 0.25) is 0 Å². The highest BCUT2D eigenvalue weighted by molar-refractivity contribution is 5.82. The van der Waals surface area contributed by atoms with Gasteiger partial charge in [0.15, 0.2) is 0 Å². The fourth-order valence-electron chi connectivity index (χ4n) is 3.11. The monoisotopic (exact) mass is 282 g/mol. The standard InChI is InChI=1S/C15H26N2O3/c1-3-20-15(19)12-5-8-17(9-6-12)14(18)13-10-11(2)4-7-16-13/h11-13,16H,3-10H2,1-2H3. The number of ether oxygens (including phenoxy) is 1. The van der Waals surface area contributed by atoms with Crippen molar-refractivity contribution in [3.05, 3.63) is 0 Å². The van der Waals surface area contributed by atoms with E-state index in [1.165, 1.54) is 0 Å². The number of carbonyl (C=O) groups is 2. The smallest absolute Gasteiger partial charge is 0.309 e. The Hall–Kier alpha value is -1.10. The highest BCUT2D eigenvalue weighted by Gasteiger charge is 2.32. The van der Waals surface area contributed by atoms with E-state index >= 15 is 0 Å². The Labute approximate surface area is 121 Å². The Kier molecular flexibility index (Phi) is 5.40. The van der Waals surface area contributed by atoms with Crippen LogP contribution in [0, 0.1) is 11.8 Å². The molecule has 0 spiro atoms. The average Bonchev–Trinajstić information content (AvgIpc) is 2.47. The van der Waals surface area contributed by atoms with Gasteiger partial charge in [0.2, 0.25) is 5.91 Å². The number of nitrogens with one attached hydrogen (secondary N) is 1. The van der Waals surface area contributed by atoms with Gasteiger partial charge in [-0.3, -0.25) is 9.59 Å². The normalized spacial score (nSPS) is 28.2. The molecular formula is C15H26N2O3. The number of esters is 1. The van der Waals surface area contributed by atoms with Crippen LogP contribution in [-0.2, 0) is 14.3 Å². The summed E-state index contributed by atoms with van der Waals surface area (Å²) >= 11 is 0. The van der Waals surface area contributed by atoms with Crippen molar-refractivity contribution < 1.29 is 14.3 Å². The van der Waals surface area contributed by atoms with Crippen molar-refractivity contribution in [3.63, 3.8) is 0 Å². The Morgan fingerprint density at radius 3 is 2.55 bits per heavy atom. The first-order chi connectivity index (χ1) is 9.61. The molecule has 1 N–H and O–H groups in total. The highest BCUT2D eigenvalue weighted by Crippen LogP contribution is 2.22. The van der Waals surface area contributed by atoms with Crippen molar-refractivity contribution in [2.75, 3.05) is 26.2 Å². The van der Waals surface area contributed by atoms with Crippen molar-refractivity contribution in [1.29, 1.82) is 0 Å². The third-order valence-electron chi connectivity index (χ3n) is 4.39. The Morgan fingerprint density at radius 2 is 1.95 bits per heavy atom. The number of likely N-dealkylation sites (tertiary alicyclic amines) is 1. The van der Waals surface area contributed by atoms with Crippen LogP contribution in [-0.4, -0.2) is 49.1 Å². The number of hydrogen-bond donors (Lipinski definition) is 1. The molecule has 20 heavy (non-hydrogen) atoms. The van der Waals surface area contributed by atoms with Crippen LogP contribution >= 0.6 is 0 Å². The van der Waals surface area contributed by atoms with Gasteiger partial charge in [0.25, 0.3) is 0 Å². The van der Waals surface area contributed by atoms with E-state index in [0.29, 0.717) is 25.6 Å². The zero-order chi connectivity index (χ0) is 14.5. The molecule has 0 aromatic heterocycles. The average molecular weight is 282 g/mol. The molecule has 0 aliphatic carbocycles. The van der Waals surface area contributed by atoms with E-state index in [2.05, 4.69) is 12.2 Å². The van der Waals surface area contributed by atoms with Gasteiger partial charge >= 0.3 is 5.97 Å². The van der Waals surface area contributed by atoms with Gasteiger partial charge < -0.3 is 15.0 Å². The van der Waals surface area contributed by atoms with Crippen molar-refractivity contribution in [2.24, 2.45) is 11.8 Å². The molecule has 2 aliphatic heterocycles. The molecule has 0 radical (unpaired) electrons. The summed E-state index contributed by atoms with van der Waals surface area (Å²) in [6, 6.07) is -0.0297. The minimum absolute atomic E-state index is 0.0297. The Morgan fingerprint density at radius 1 is 1.25 bits per heavy atom. The largest absolute Gasteiger partial charge is 0.466 e. The lowest BCUT2D eigenvalue weighted by atomic mass is 9.92. The zero-order valence-electron chi connectivity index (χ0n) is 12.6. The minimum Gasteiger partial charge on any atom is -0.466 e. The fourth-order valence-corrected chi connectivity index (χ4v) is 3.11. The fraction of sp³-hybridized carbons (Fsp3) is 0.867. The van der Waals surface area contributed by atoms with E-state index in [0.717, 1.165) is 32.2 Å². The molecule has 5 heteroatoms. The predicted molar refractivity (Wildman–Crippen MR) is 76.1 cm³/mol. The van der Waals surface area contributed by atoms with Gasteiger partial charge in [-0.05, 0) is 45.1 Å². The van der Waals surface area contributed by atoms with E-state index in [1.807, 2.05) is 11.8 Å². The summed E-state index contributed by atoms with van der Waals surface area (Å²) in [6.45, 7) is 6.74. The van der Waals surface area contributed by atoms with Crippen molar-refractivity contribution >= 4 is 11.9 Å². The van der Waals surface area contributed by atoms with E-state index in [9.17, 15) is 9.59 Å². The topological polar surface area (TPSA) is 58.6 Å². The molecule has 5 nitrogen and oxygen atoms in total. The number of carbonyl (C=O) groups excluding carboxylic acids is 2. The molecule has 2 unspecified atom stereocenters. The first kappa shape index (κ1) is 15.3. The molecule has 1 amide bonds. The quantitative estimate of drug-likeness (QED) is 0.790. The first-order valence-electron chi connectivity index (χ1n) is 7.80. The number of amides is 1. The summed E-state index contributed by atoms with van der Waals surface area (Å²) in [5, 5.41) is 3.32. The molecule has 114 valence electrons. The molecular weight excluding hydrogens is 256 g/mol. The molecule has 2 rings (SSSR count). The summed E-state index contributed by atoms with van der Waals surface area (Å²) in [5.74, 6) is 0.683. The first-order valence-corrected chi connectivity index (χ1v) is 7.80. The van der Waals surface area contributed by atoms with Crippen LogP contribution in [0.3, 0.4) is 0 Å². The lowest BCUT2D eigenvalue weighted by Gasteiger charge is -2.36. The minimum atomic E-state index is -0.107. The number of hydrogen-bond acceptors (Lipinski definition) is 4. The summed E-state index contributed by atoms with van der Waals surface area (Å²) in [5.41, 5.74) is 0. The number of piperidine rings is 2. The van der Waals surface area contributed by atoms with Gasteiger partial charge in [-0.2, -0.15) is 0 Å². The van der Waals surface area contributed by atoms with Gasteiger partial charge in [0.1, 0.15) is 0 Å². The van der Waals surface area contributed by atoms with Crippen molar-refractivity contribution in [2.45, 2.75) is 45.6 Å². The highest BCUT2D eigenvalue weighted by atomic mass is 16.5. The lowest BCUT2D eigenvalue weighted by molar-refractivity contribution is -0.151. The second-order valence-corrected chi connectivity index (χ2v) is 5.99. The van der Waals surface area contributed by atoms with Crippen LogP contribution in [0.1, 0.15) is 39.5 Å². The van der Waals surface area contributed by atoms with Gasteiger partial charge in [0.05, 0.1) is 18.6 Å². The van der Waals surface area contributed by atoms with Gasteiger partial charge in [-0.1, -0.05) is 6.92 Å². The molecule has 2 saturated heterocycles. The third kappa shape index (κ3) is 3.72. The maximum atomic E-state index is 12.4. The Balaban J connectivity index is 1.81. The molecule has 2 fully saturated rings. The Bertz CT molecular complexity index is 351. The van der Waals surface area contributed by atoms with Crippen molar-refractivity contribution in [3.8, 4) is 0 Å². The van der Waals surface area contributed by atoms with E-state index in [-0.39, 0.29) is 23.8 Å². The van der Waals surface area contributed by atoms with Gasteiger partial charge in [-0.25, -0.2) is 0 Å². The molecule has 2 atom stereocenters. The summed E-state index contributed by atoms with van der Waals surface area (Å²) in [7, 11) is 0. The van der Waals surface area contributed by atoms with Gasteiger partial charge in [-0.15, -0.1) is 0 Å². The third-order valence-corrected chi connectivity index (χ3v) is 4.39. The number of nitrogens with zero attached hydrogens (tertiary/aromatic N) is 1. The SMILES string of the molecule is CCOC(=O)C1CCN(C(=O)C2CC(C)CCN2)CC1. The molecule has 0 aromatic carbocycles. The number of rotatable bonds is 3. The van der Waals surface area contributed by atoms with E-state index < -0.39 is 0 Å². The second-order valence-electron chi connectivity index (χ2n) is 5.99. The van der Waals surface area contributed by atoms with Crippen molar-refractivity contribution in [1.82, 2.24) is 10.2 Å². The van der Waals surface area contributed by atoms with E-state index in [4.69, 9.17) is 4.74 Å². The van der Waals surface area contributed by atoms with Crippen LogP contribution in [0.5, 0.6) is 0 Å². The zero-order valence-corrected chi connectivity index (χ0v) is 12.6. The van der Waals surface area contributed by atoms with E-state index in [1.54, 1.807) is 0 Å². The summed E-state index contributed by atoms with van der Waals surface area (Å²) < 4.78 is 5.05. The van der Waals surface area contributed by atoms with Crippen LogP contribution < -0.4 is 5.32 Å². The molecule has 0 saturated carbocycles.